The smallest absolute Gasteiger partial charge is 0.260 e. The Morgan fingerprint density at radius 3 is 2.59 bits per heavy atom. The zero-order chi connectivity index (χ0) is 20.2. The van der Waals surface area contributed by atoms with E-state index in [0.717, 1.165) is 44.0 Å². The van der Waals surface area contributed by atoms with E-state index in [0.29, 0.717) is 13.1 Å². The molecule has 1 aromatic carbocycles. The van der Waals surface area contributed by atoms with Crippen LogP contribution in [0.3, 0.4) is 0 Å². The summed E-state index contributed by atoms with van der Waals surface area (Å²) in [6.07, 6.45) is 5.44. The van der Waals surface area contributed by atoms with Crippen LogP contribution in [0.4, 0.5) is 5.82 Å². The van der Waals surface area contributed by atoms with Crippen LogP contribution < -0.4 is 9.64 Å². The Morgan fingerprint density at radius 2 is 1.86 bits per heavy atom. The van der Waals surface area contributed by atoms with Crippen LogP contribution in [0.2, 0.25) is 0 Å². The summed E-state index contributed by atoms with van der Waals surface area (Å²) < 4.78 is 5.78. The van der Waals surface area contributed by atoms with Gasteiger partial charge in [-0.05, 0) is 68.2 Å². The molecule has 1 fully saturated rings. The molecule has 2 heterocycles. The van der Waals surface area contributed by atoms with Gasteiger partial charge in [0, 0.05) is 38.9 Å². The lowest BCUT2D eigenvalue weighted by Crippen LogP contribution is -2.50. The largest absolute Gasteiger partial charge is 0.484 e. The van der Waals surface area contributed by atoms with Gasteiger partial charge in [-0.1, -0.05) is 12.1 Å². The third-order valence-corrected chi connectivity index (χ3v) is 5.70. The molecule has 1 aliphatic heterocycles. The van der Waals surface area contributed by atoms with E-state index in [9.17, 15) is 4.79 Å². The lowest BCUT2D eigenvalue weighted by Gasteiger charge is -2.35. The van der Waals surface area contributed by atoms with Crippen LogP contribution in [0.15, 0.2) is 36.5 Å². The summed E-state index contributed by atoms with van der Waals surface area (Å²) in [5, 5.41) is 0. The molecule has 1 saturated heterocycles. The van der Waals surface area contributed by atoms with Crippen molar-refractivity contribution in [3.05, 3.63) is 53.2 Å². The third-order valence-electron chi connectivity index (χ3n) is 5.70. The number of aromatic nitrogens is 1. The van der Waals surface area contributed by atoms with Crippen molar-refractivity contribution in [1.29, 1.82) is 0 Å². The van der Waals surface area contributed by atoms with Crippen molar-refractivity contribution in [3.63, 3.8) is 0 Å². The highest BCUT2D eigenvalue weighted by molar-refractivity contribution is 5.78. The highest BCUT2D eigenvalue weighted by Gasteiger charge is 2.22. The normalized spacial score (nSPS) is 16.2. The van der Waals surface area contributed by atoms with E-state index >= 15 is 0 Å². The van der Waals surface area contributed by atoms with Crippen LogP contribution in [-0.2, 0) is 24.2 Å². The SMILES string of the molecule is CN(C)Cc1ccc(N2CCN(C(=O)COc3ccc4c(c3)CCC4)CC2)nc1. The van der Waals surface area contributed by atoms with Crippen LogP contribution in [-0.4, -0.2) is 67.6 Å². The first-order valence-electron chi connectivity index (χ1n) is 10.5. The Balaban J connectivity index is 1.25. The van der Waals surface area contributed by atoms with Crippen LogP contribution in [0.5, 0.6) is 5.75 Å². The molecule has 2 aromatic rings. The van der Waals surface area contributed by atoms with Gasteiger partial charge in [0.2, 0.25) is 0 Å². The number of benzene rings is 1. The number of ether oxygens (including phenoxy) is 1. The number of nitrogens with zero attached hydrogens (tertiary/aromatic N) is 4. The van der Waals surface area contributed by atoms with Crippen molar-refractivity contribution in [3.8, 4) is 5.75 Å². The molecule has 0 bridgehead atoms. The summed E-state index contributed by atoms with van der Waals surface area (Å²) in [5.74, 6) is 1.84. The number of hydrogen-bond acceptors (Lipinski definition) is 5. The molecule has 0 saturated carbocycles. The van der Waals surface area contributed by atoms with Gasteiger partial charge in [0.05, 0.1) is 0 Å². The monoisotopic (exact) mass is 394 g/mol. The van der Waals surface area contributed by atoms with Crippen molar-refractivity contribution in [2.75, 3.05) is 51.8 Å². The average molecular weight is 395 g/mol. The highest BCUT2D eigenvalue weighted by Crippen LogP contribution is 2.26. The molecule has 1 aliphatic carbocycles. The molecule has 1 aromatic heterocycles. The fraction of sp³-hybridized carbons (Fsp3) is 0.478. The van der Waals surface area contributed by atoms with Crippen LogP contribution in [0.1, 0.15) is 23.1 Å². The van der Waals surface area contributed by atoms with Gasteiger partial charge >= 0.3 is 0 Å². The summed E-state index contributed by atoms with van der Waals surface area (Å²) >= 11 is 0. The topological polar surface area (TPSA) is 48.9 Å². The Hall–Kier alpha value is -2.60. The van der Waals surface area contributed by atoms with Crippen molar-refractivity contribution < 1.29 is 9.53 Å². The van der Waals surface area contributed by atoms with Gasteiger partial charge in [0.15, 0.2) is 6.61 Å². The predicted molar refractivity (Wildman–Crippen MR) is 114 cm³/mol. The average Bonchev–Trinajstić information content (AvgIpc) is 3.20. The number of pyridine rings is 1. The van der Waals surface area contributed by atoms with Crippen LogP contribution in [0, 0.1) is 0 Å². The second kappa shape index (κ2) is 8.82. The van der Waals surface area contributed by atoms with Crippen LogP contribution in [0.25, 0.3) is 0 Å². The first kappa shape index (κ1) is 19.7. The zero-order valence-corrected chi connectivity index (χ0v) is 17.4. The fourth-order valence-corrected chi connectivity index (χ4v) is 4.12. The Morgan fingerprint density at radius 1 is 1.07 bits per heavy atom. The summed E-state index contributed by atoms with van der Waals surface area (Å²) in [6, 6.07) is 10.4. The van der Waals surface area contributed by atoms with E-state index in [1.54, 1.807) is 0 Å². The number of anilines is 1. The van der Waals surface area contributed by atoms with Crippen molar-refractivity contribution in [2.45, 2.75) is 25.8 Å². The molecule has 0 unspecified atom stereocenters. The molecule has 4 rings (SSSR count). The number of hydrogen-bond donors (Lipinski definition) is 0. The molecule has 0 radical (unpaired) electrons. The maximum Gasteiger partial charge on any atom is 0.260 e. The second-order valence-electron chi connectivity index (χ2n) is 8.20. The summed E-state index contributed by atoms with van der Waals surface area (Å²) in [7, 11) is 4.11. The van der Waals surface area contributed by atoms with Gasteiger partial charge in [-0.3, -0.25) is 4.79 Å². The fourth-order valence-electron chi connectivity index (χ4n) is 4.12. The van der Waals surface area contributed by atoms with Gasteiger partial charge in [-0.15, -0.1) is 0 Å². The number of fused-ring (bicyclic) bond motifs is 1. The maximum absolute atomic E-state index is 12.6. The van der Waals surface area contributed by atoms with E-state index in [2.05, 4.69) is 53.1 Å². The van der Waals surface area contributed by atoms with E-state index in [4.69, 9.17) is 4.74 Å². The third kappa shape index (κ3) is 4.88. The predicted octanol–water partition coefficient (Wildman–Crippen LogP) is 2.36. The summed E-state index contributed by atoms with van der Waals surface area (Å²) in [5.41, 5.74) is 3.99. The second-order valence-corrected chi connectivity index (χ2v) is 8.20. The lowest BCUT2D eigenvalue weighted by molar-refractivity contribution is -0.133. The van der Waals surface area contributed by atoms with E-state index in [-0.39, 0.29) is 12.5 Å². The molecule has 0 spiro atoms. The number of rotatable bonds is 6. The van der Waals surface area contributed by atoms with Crippen LogP contribution >= 0.6 is 0 Å². The van der Waals surface area contributed by atoms with Gasteiger partial charge in [0.1, 0.15) is 11.6 Å². The first-order valence-corrected chi connectivity index (χ1v) is 10.5. The number of aryl methyl sites for hydroxylation is 2. The summed E-state index contributed by atoms with van der Waals surface area (Å²) in [6.45, 7) is 3.99. The molecular weight excluding hydrogens is 364 g/mol. The van der Waals surface area contributed by atoms with Crippen molar-refractivity contribution in [2.24, 2.45) is 0 Å². The molecule has 6 heteroatoms. The quantitative estimate of drug-likeness (QED) is 0.753. The number of carbonyl (C=O) groups is 1. The maximum atomic E-state index is 12.6. The Bertz CT molecular complexity index is 842. The zero-order valence-electron chi connectivity index (χ0n) is 17.4. The molecule has 6 nitrogen and oxygen atoms in total. The minimum atomic E-state index is 0.0550. The minimum Gasteiger partial charge on any atom is -0.484 e. The van der Waals surface area contributed by atoms with Gasteiger partial charge in [-0.2, -0.15) is 0 Å². The number of amides is 1. The Labute approximate surface area is 173 Å². The molecule has 29 heavy (non-hydrogen) atoms. The number of piperazine rings is 1. The Kier molecular flexibility index (Phi) is 6.00. The van der Waals surface area contributed by atoms with Crippen molar-refractivity contribution >= 4 is 11.7 Å². The molecule has 0 atom stereocenters. The molecule has 154 valence electrons. The van der Waals surface area contributed by atoms with E-state index in [1.165, 1.54) is 23.1 Å². The lowest BCUT2D eigenvalue weighted by atomic mass is 10.1. The molecule has 0 N–H and O–H groups in total. The minimum absolute atomic E-state index is 0.0550. The summed E-state index contributed by atoms with van der Waals surface area (Å²) in [4.78, 5) is 23.4. The first-order chi connectivity index (χ1) is 14.1. The van der Waals surface area contributed by atoms with E-state index < -0.39 is 0 Å². The highest BCUT2D eigenvalue weighted by atomic mass is 16.5. The van der Waals surface area contributed by atoms with Gasteiger partial charge in [-0.25, -0.2) is 4.98 Å². The van der Waals surface area contributed by atoms with Gasteiger partial charge in [0.25, 0.3) is 5.91 Å². The standard InChI is InChI=1S/C23H30N4O2/c1-25(2)16-18-6-9-22(24-15-18)26-10-12-27(13-11-26)23(28)17-29-21-8-7-19-4-3-5-20(19)14-21/h6-9,14-15H,3-5,10-13,16-17H2,1-2H3. The van der Waals surface area contributed by atoms with Crippen molar-refractivity contribution in [1.82, 2.24) is 14.8 Å². The molecule has 1 amide bonds. The number of carbonyl (C=O) groups excluding carboxylic acids is 1. The van der Waals surface area contributed by atoms with Gasteiger partial charge < -0.3 is 19.4 Å². The van der Waals surface area contributed by atoms with E-state index in [1.807, 2.05) is 17.2 Å². The molecule has 2 aliphatic rings. The molecular formula is C23H30N4O2.